The van der Waals surface area contributed by atoms with E-state index in [1.54, 1.807) is 20.3 Å². The highest BCUT2D eigenvalue weighted by atomic mass is 16.2. The topological polar surface area (TPSA) is 55.2 Å². The van der Waals surface area contributed by atoms with Gasteiger partial charge in [-0.2, -0.15) is 0 Å². The molecule has 0 N–H and O–H groups in total. The van der Waals surface area contributed by atoms with Gasteiger partial charge in [0.15, 0.2) is 0 Å². The smallest absolute Gasteiger partial charge is 0.347 e. The van der Waals surface area contributed by atoms with E-state index in [4.69, 9.17) is 0 Å². The number of carbonyl (C=O) groups excluding carboxylic acids is 1. The zero-order valence-electron chi connectivity index (χ0n) is 8.52. The van der Waals surface area contributed by atoms with Crippen LogP contribution in [-0.4, -0.2) is 34.5 Å². The van der Waals surface area contributed by atoms with Crippen LogP contribution in [0.15, 0.2) is 17.2 Å². The van der Waals surface area contributed by atoms with Crippen LogP contribution in [0.3, 0.4) is 0 Å². The molecule has 14 heavy (non-hydrogen) atoms. The molecule has 0 atom stereocenters. The van der Waals surface area contributed by atoms with Gasteiger partial charge in [0.1, 0.15) is 6.54 Å². The van der Waals surface area contributed by atoms with E-state index in [1.807, 2.05) is 6.92 Å². The Morgan fingerprint density at radius 1 is 1.57 bits per heavy atom. The monoisotopic (exact) mass is 195 g/mol. The summed E-state index contributed by atoms with van der Waals surface area (Å²) in [6.07, 6.45) is 3.11. The standard InChI is InChI=1S/C9H13N3O2/c1-7-4-10-9(14)12(5-7)6-8(13)11(2)3/h4-5H,6H2,1-3H3. The van der Waals surface area contributed by atoms with Gasteiger partial charge in [-0.3, -0.25) is 9.36 Å². The second kappa shape index (κ2) is 4.04. The molecule has 1 amide bonds. The maximum atomic E-state index is 11.3. The Morgan fingerprint density at radius 3 is 2.79 bits per heavy atom. The third-order valence-corrected chi connectivity index (χ3v) is 1.79. The molecular formula is C9H13N3O2. The summed E-state index contributed by atoms with van der Waals surface area (Å²) >= 11 is 0. The molecule has 0 aliphatic carbocycles. The van der Waals surface area contributed by atoms with Gasteiger partial charge in [-0.05, 0) is 12.5 Å². The molecule has 0 radical (unpaired) electrons. The number of nitrogens with zero attached hydrogens (tertiary/aromatic N) is 3. The minimum atomic E-state index is -0.397. The van der Waals surface area contributed by atoms with Gasteiger partial charge >= 0.3 is 5.69 Å². The van der Waals surface area contributed by atoms with Crippen molar-refractivity contribution in [1.29, 1.82) is 0 Å². The minimum absolute atomic E-state index is 0.0422. The summed E-state index contributed by atoms with van der Waals surface area (Å²) in [4.78, 5) is 27.6. The molecule has 76 valence electrons. The SMILES string of the molecule is Cc1cnc(=O)n(CC(=O)N(C)C)c1. The number of hydrogen-bond acceptors (Lipinski definition) is 3. The average Bonchev–Trinajstić information content (AvgIpc) is 2.11. The fourth-order valence-corrected chi connectivity index (χ4v) is 0.966. The molecule has 0 spiro atoms. The van der Waals surface area contributed by atoms with Gasteiger partial charge in [-0.1, -0.05) is 0 Å². The van der Waals surface area contributed by atoms with Crippen molar-refractivity contribution in [2.24, 2.45) is 0 Å². The van der Waals surface area contributed by atoms with E-state index >= 15 is 0 Å². The molecule has 0 bridgehead atoms. The first kappa shape index (κ1) is 10.4. The maximum absolute atomic E-state index is 11.3. The Labute approximate surface area is 82.0 Å². The zero-order valence-corrected chi connectivity index (χ0v) is 8.52. The second-order valence-corrected chi connectivity index (χ2v) is 3.33. The Morgan fingerprint density at radius 2 is 2.21 bits per heavy atom. The molecule has 1 aromatic heterocycles. The molecule has 1 heterocycles. The van der Waals surface area contributed by atoms with E-state index in [9.17, 15) is 9.59 Å². The second-order valence-electron chi connectivity index (χ2n) is 3.33. The molecular weight excluding hydrogens is 182 g/mol. The molecule has 0 saturated carbocycles. The quantitative estimate of drug-likeness (QED) is 0.647. The molecule has 0 saturated heterocycles. The molecule has 1 aromatic rings. The molecule has 5 nitrogen and oxygen atoms in total. The Kier molecular flexibility index (Phi) is 3.01. The van der Waals surface area contributed by atoms with Gasteiger partial charge in [0.2, 0.25) is 5.91 Å². The number of likely N-dealkylation sites (N-methyl/N-ethyl adjacent to an activating group) is 1. The summed E-state index contributed by atoms with van der Waals surface area (Å²) in [6, 6.07) is 0. The largest absolute Gasteiger partial charge is 0.347 e. The summed E-state index contributed by atoms with van der Waals surface area (Å²) in [5.41, 5.74) is 0.460. The fourth-order valence-electron chi connectivity index (χ4n) is 0.966. The highest BCUT2D eigenvalue weighted by molar-refractivity contribution is 5.75. The summed E-state index contributed by atoms with van der Waals surface area (Å²) in [7, 11) is 3.30. The van der Waals surface area contributed by atoms with Gasteiger partial charge in [0.25, 0.3) is 0 Å². The van der Waals surface area contributed by atoms with Crippen LogP contribution >= 0.6 is 0 Å². The maximum Gasteiger partial charge on any atom is 0.347 e. The number of hydrogen-bond donors (Lipinski definition) is 0. The first-order valence-electron chi connectivity index (χ1n) is 4.24. The fraction of sp³-hybridized carbons (Fsp3) is 0.444. The average molecular weight is 195 g/mol. The number of aryl methyl sites for hydroxylation is 1. The van der Waals surface area contributed by atoms with Crippen LogP contribution in [0.1, 0.15) is 5.56 Å². The predicted molar refractivity (Wildman–Crippen MR) is 51.9 cm³/mol. The lowest BCUT2D eigenvalue weighted by atomic mass is 10.4. The number of aromatic nitrogens is 2. The van der Waals surface area contributed by atoms with Crippen LogP contribution in [0, 0.1) is 6.92 Å². The molecule has 0 fully saturated rings. The van der Waals surface area contributed by atoms with Crippen LogP contribution in [0.5, 0.6) is 0 Å². The van der Waals surface area contributed by atoms with Crippen LogP contribution in [-0.2, 0) is 11.3 Å². The van der Waals surface area contributed by atoms with Crippen molar-refractivity contribution >= 4 is 5.91 Å². The van der Waals surface area contributed by atoms with Gasteiger partial charge < -0.3 is 4.90 Å². The molecule has 1 rings (SSSR count). The van der Waals surface area contributed by atoms with Crippen LogP contribution in [0.4, 0.5) is 0 Å². The molecule has 0 aliphatic rings. The summed E-state index contributed by atoms with van der Waals surface area (Å²) < 4.78 is 1.30. The van der Waals surface area contributed by atoms with Gasteiger partial charge in [-0.15, -0.1) is 0 Å². The normalized spacial score (nSPS) is 9.93. The number of rotatable bonds is 2. The van der Waals surface area contributed by atoms with E-state index in [0.29, 0.717) is 0 Å². The van der Waals surface area contributed by atoms with Crippen molar-refractivity contribution in [3.63, 3.8) is 0 Å². The first-order chi connectivity index (χ1) is 6.50. The van der Waals surface area contributed by atoms with Crippen LogP contribution in [0.25, 0.3) is 0 Å². The van der Waals surface area contributed by atoms with E-state index in [1.165, 1.54) is 15.7 Å². The lowest BCUT2D eigenvalue weighted by molar-refractivity contribution is -0.129. The zero-order chi connectivity index (χ0) is 10.7. The number of amides is 1. The van der Waals surface area contributed by atoms with Crippen molar-refractivity contribution < 1.29 is 4.79 Å². The highest BCUT2D eigenvalue weighted by Gasteiger charge is 2.06. The molecule has 0 aromatic carbocycles. The summed E-state index contributed by atoms with van der Waals surface area (Å²) in [6.45, 7) is 1.86. The number of carbonyl (C=O) groups is 1. The molecule has 0 unspecified atom stereocenters. The third kappa shape index (κ3) is 2.42. The Balaban J connectivity index is 2.92. The van der Waals surface area contributed by atoms with E-state index in [0.717, 1.165) is 5.56 Å². The van der Waals surface area contributed by atoms with E-state index in [-0.39, 0.29) is 12.5 Å². The van der Waals surface area contributed by atoms with Crippen molar-refractivity contribution in [3.05, 3.63) is 28.4 Å². The minimum Gasteiger partial charge on any atom is -0.347 e. The van der Waals surface area contributed by atoms with Gasteiger partial charge in [0, 0.05) is 26.5 Å². The van der Waals surface area contributed by atoms with Gasteiger partial charge in [-0.25, -0.2) is 9.78 Å². The van der Waals surface area contributed by atoms with Crippen LogP contribution < -0.4 is 5.69 Å². The van der Waals surface area contributed by atoms with E-state index < -0.39 is 5.69 Å². The van der Waals surface area contributed by atoms with Gasteiger partial charge in [0.05, 0.1) is 0 Å². The summed E-state index contributed by atoms with van der Waals surface area (Å²) in [5, 5.41) is 0. The van der Waals surface area contributed by atoms with Crippen molar-refractivity contribution in [1.82, 2.24) is 14.5 Å². The first-order valence-corrected chi connectivity index (χ1v) is 4.24. The Bertz CT molecular complexity index is 395. The van der Waals surface area contributed by atoms with Crippen molar-refractivity contribution in [2.75, 3.05) is 14.1 Å². The lowest BCUT2D eigenvalue weighted by Gasteiger charge is -2.11. The Hall–Kier alpha value is -1.65. The van der Waals surface area contributed by atoms with Crippen molar-refractivity contribution in [3.8, 4) is 0 Å². The third-order valence-electron chi connectivity index (χ3n) is 1.79. The molecule has 5 heteroatoms. The van der Waals surface area contributed by atoms with Crippen molar-refractivity contribution in [2.45, 2.75) is 13.5 Å². The predicted octanol–water partition coefficient (Wildman–Crippen LogP) is -0.360. The lowest BCUT2D eigenvalue weighted by Crippen LogP contribution is -2.32. The van der Waals surface area contributed by atoms with Crippen LogP contribution in [0.2, 0.25) is 0 Å². The highest BCUT2D eigenvalue weighted by Crippen LogP contribution is 1.91. The van der Waals surface area contributed by atoms with E-state index in [2.05, 4.69) is 4.98 Å². The summed E-state index contributed by atoms with van der Waals surface area (Å²) in [5.74, 6) is -0.125. The molecule has 0 aliphatic heterocycles.